The molecule has 7 heteroatoms. The van der Waals surface area contributed by atoms with Crippen LogP contribution >= 0.6 is 0 Å². The smallest absolute Gasteiger partial charge is 0.311 e. The van der Waals surface area contributed by atoms with Crippen molar-refractivity contribution in [2.24, 2.45) is 11.3 Å². The first-order valence-electron chi connectivity index (χ1n) is 8.34. The molecule has 0 saturated carbocycles. The molecule has 4 rings (SSSR count). The molecule has 1 amide bonds. The van der Waals surface area contributed by atoms with Crippen LogP contribution < -0.4 is 0 Å². The molecule has 2 aliphatic heterocycles. The number of amides is 1. The van der Waals surface area contributed by atoms with Crippen molar-refractivity contribution >= 4 is 22.8 Å². The molecule has 2 aliphatic rings. The van der Waals surface area contributed by atoms with Gasteiger partial charge in [-0.1, -0.05) is 0 Å². The fourth-order valence-electron chi connectivity index (χ4n) is 4.07. The number of carbonyl (C=O) groups excluding carboxylic acids is 1. The number of carboxylic acids is 1. The minimum Gasteiger partial charge on any atom is -0.481 e. The molecule has 2 fully saturated rings. The molecular weight excluding hydrogens is 327 g/mol. The van der Waals surface area contributed by atoms with Gasteiger partial charge in [0.05, 0.1) is 18.4 Å². The van der Waals surface area contributed by atoms with E-state index in [1.54, 1.807) is 17.2 Å². The maximum Gasteiger partial charge on any atom is 0.311 e. The van der Waals surface area contributed by atoms with Crippen molar-refractivity contribution in [2.75, 3.05) is 26.3 Å². The fraction of sp³-hybridized carbons (Fsp3) is 0.444. The summed E-state index contributed by atoms with van der Waals surface area (Å²) in [6, 6.07) is 4.41. The molecule has 2 N–H and O–H groups in total. The first-order chi connectivity index (χ1) is 12.0. The van der Waals surface area contributed by atoms with Crippen LogP contribution in [0.5, 0.6) is 0 Å². The van der Waals surface area contributed by atoms with Gasteiger partial charge in [-0.05, 0) is 30.2 Å². The van der Waals surface area contributed by atoms with Gasteiger partial charge in [-0.2, -0.15) is 0 Å². The first-order valence-corrected chi connectivity index (χ1v) is 8.34. The predicted octanol–water partition coefficient (Wildman–Crippen LogP) is 1.80. The van der Waals surface area contributed by atoms with Crippen LogP contribution in [0.25, 0.3) is 10.9 Å². The molecule has 2 aromatic rings. The molecule has 0 aliphatic carbocycles. The van der Waals surface area contributed by atoms with Gasteiger partial charge in [0.25, 0.3) is 0 Å². The van der Waals surface area contributed by atoms with Crippen molar-refractivity contribution in [3.05, 3.63) is 35.8 Å². The van der Waals surface area contributed by atoms with Gasteiger partial charge in [0.2, 0.25) is 5.91 Å². The SMILES string of the molecule is O=C(Cc1c[nH]c2cc(F)ccc12)N1C[C@H]2COCC[C@@]2(C(=O)O)C1. The third kappa shape index (κ3) is 2.59. The number of aliphatic carboxylic acids is 1. The van der Waals surface area contributed by atoms with Crippen molar-refractivity contribution in [2.45, 2.75) is 12.8 Å². The normalized spacial score (nSPS) is 26.0. The predicted molar refractivity (Wildman–Crippen MR) is 87.5 cm³/mol. The number of aromatic amines is 1. The number of carbonyl (C=O) groups is 2. The summed E-state index contributed by atoms with van der Waals surface area (Å²) in [6.07, 6.45) is 2.30. The first kappa shape index (κ1) is 16.1. The van der Waals surface area contributed by atoms with Crippen LogP contribution in [0, 0.1) is 17.2 Å². The number of hydrogen-bond donors (Lipinski definition) is 2. The molecule has 3 heterocycles. The average Bonchev–Trinajstić information content (AvgIpc) is 3.17. The Morgan fingerprint density at radius 1 is 1.44 bits per heavy atom. The minimum atomic E-state index is -0.892. The number of H-pyrrole nitrogens is 1. The Bertz CT molecular complexity index is 849. The highest BCUT2D eigenvalue weighted by Crippen LogP contribution is 2.42. The van der Waals surface area contributed by atoms with Crippen LogP contribution in [0.4, 0.5) is 4.39 Å². The van der Waals surface area contributed by atoms with Crippen LogP contribution in [-0.2, 0) is 20.7 Å². The summed E-state index contributed by atoms with van der Waals surface area (Å²) in [5, 5.41) is 10.5. The molecule has 1 aromatic heterocycles. The number of ether oxygens (including phenoxy) is 1. The Labute approximate surface area is 143 Å². The van der Waals surface area contributed by atoms with Gasteiger partial charge in [-0.25, -0.2) is 4.39 Å². The van der Waals surface area contributed by atoms with Crippen molar-refractivity contribution in [1.29, 1.82) is 0 Å². The van der Waals surface area contributed by atoms with Gasteiger partial charge in [-0.3, -0.25) is 9.59 Å². The number of fused-ring (bicyclic) bond motifs is 2. The number of rotatable bonds is 3. The zero-order valence-corrected chi connectivity index (χ0v) is 13.6. The summed E-state index contributed by atoms with van der Waals surface area (Å²) in [6.45, 7) is 1.43. The fourth-order valence-corrected chi connectivity index (χ4v) is 4.07. The van der Waals surface area contributed by atoms with E-state index in [9.17, 15) is 19.1 Å². The second-order valence-electron chi connectivity index (χ2n) is 6.94. The molecule has 0 bridgehead atoms. The molecule has 2 saturated heterocycles. The van der Waals surface area contributed by atoms with Gasteiger partial charge in [0, 0.05) is 42.7 Å². The van der Waals surface area contributed by atoms with Gasteiger partial charge >= 0.3 is 5.97 Å². The Morgan fingerprint density at radius 2 is 2.28 bits per heavy atom. The Morgan fingerprint density at radius 3 is 3.04 bits per heavy atom. The summed E-state index contributed by atoms with van der Waals surface area (Å²) in [5.74, 6) is -1.46. The lowest BCUT2D eigenvalue weighted by atomic mass is 9.74. The van der Waals surface area contributed by atoms with E-state index >= 15 is 0 Å². The third-order valence-corrected chi connectivity index (χ3v) is 5.56. The van der Waals surface area contributed by atoms with Gasteiger partial charge < -0.3 is 19.7 Å². The van der Waals surface area contributed by atoms with Crippen molar-refractivity contribution in [3.8, 4) is 0 Å². The number of nitrogens with zero attached hydrogens (tertiary/aromatic N) is 1. The van der Waals surface area contributed by atoms with Crippen molar-refractivity contribution < 1.29 is 23.8 Å². The number of hydrogen-bond acceptors (Lipinski definition) is 3. The van der Waals surface area contributed by atoms with Crippen molar-refractivity contribution in [1.82, 2.24) is 9.88 Å². The molecule has 0 radical (unpaired) electrons. The maximum absolute atomic E-state index is 13.3. The van der Waals surface area contributed by atoms with E-state index in [0.29, 0.717) is 31.7 Å². The summed E-state index contributed by atoms with van der Waals surface area (Å²) in [5.41, 5.74) is 0.542. The summed E-state index contributed by atoms with van der Waals surface area (Å²) in [7, 11) is 0. The lowest BCUT2D eigenvalue weighted by Gasteiger charge is -2.33. The number of nitrogens with one attached hydrogen (secondary N) is 1. The maximum atomic E-state index is 13.3. The quantitative estimate of drug-likeness (QED) is 0.888. The Balaban J connectivity index is 1.54. The topological polar surface area (TPSA) is 82.6 Å². The lowest BCUT2D eigenvalue weighted by Crippen LogP contribution is -2.45. The standard InChI is InChI=1S/C18H19FN2O4/c19-13-1-2-14-11(7-20-15(14)6-13)5-16(22)21-8-12-9-25-4-3-18(12,10-21)17(23)24/h1-2,6-7,12,20H,3-5,8-10H2,(H,23,24)/t12-,18+/m0/s1. The van der Waals surface area contributed by atoms with Gasteiger partial charge in [-0.15, -0.1) is 0 Å². The van der Waals surface area contributed by atoms with Crippen LogP contribution in [-0.4, -0.2) is 53.2 Å². The van der Waals surface area contributed by atoms with Crippen LogP contribution in [0.1, 0.15) is 12.0 Å². The lowest BCUT2D eigenvalue weighted by molar-refractivity contribution is -0.157. The average molecular weight is 346 g/mol. The van der Waals surface area contributed by atoms with Gasteiger partial charge in [0.15, 0.2) is 0 Å². The number of likely N-dealkylation sites (tertiary alicyclic amines) is 1. The number of carboxylic acid groups (broad SMARTS) is 1. The zero-order valence-electron chi connectivity index (χ0n) is 13.6. The number of benzene rings is 1. The monoisotopic (exact) mass is 346 g/mol. The molecule has 0 spiro atoms. The minimum absolute atomic E-state index is 0.111. The van der Waals surface area contributed by atoms with Crippen LogP contribution in [0.15, 0.2) is 24.4 Å². The molecule has 25 heavy (non-hydrogen) atoms. The summed E-state index contributed by atoms with van der Waals surface area (Å²) in [4.78, 5) is 29.2. The van der Waals surface area contributed by atoms with E-state index in [-0.39, 0.29) is 30.6 Å². The van der Waals surface area contributed by atoms with Crippen LogP contribution in [0.3, 0.4) is 0 Å². The van der Waals surface area contributed by atoms with Crippen molar-refractivity contribution in [3.63, 3.8) is 0 Å². The molecule has 0 unspecified atom stereocenters. The van der Waals surface area contributed by atoms with E-state index < -0.39 is 11.4 Å². The summed E-state index contributed by atoms with van der Waals surface area (Å²) < 4.78 is 18.7. The molecule has 1 aromatic carbocycles. The molecule has 6 nitrogen and oxygen atoms in total. The van der Waals surface area contributed by atoms with E-state index in [4.69, 9.17) is 4.74 Å². The number of halogens is 1. The van der Waals surface area contributed by atoms with Crippen LogP contribution in [0.2, 0.25) is 0 Å². The second kappa shape index (κ2) is 5.84. The third-order valence-electron chi connectivity index (χ3n) is 5.56. The van der Waals surface area contributed by atoms with E-state index in [0.717, 1.165) is 10.9 Å². The molecule has 132 valence electrons. The highest BCUT2D eigenvalue weighted by Gasteiger charge is 2.54. The largest absolute Gasteiger partial charge is 0.481 e. The van der Waals surface area contributed by atoms with E-state index in [1.165, 1.54) is 12.1 Å². The van der Waals surface area contributed by atoms with E-state index in [2.05, 4.69) is 4.98 Å². The highest BCUT2D eigenvalue weighted by atomic mass is 19.1. The Kier molecular flexibility index (Phi) is 3.76. The molecular formula is C18H19FN2O4. The summed E-state index contributed by atoms with van der Waals surface area (Å²) >= 11 is 0. The highest BCUT2D eigenvalue weighted by molar-refractivity contribution is 5.89. The zero-order chi connectivity index (χ0) is 17.6. The van der Waals surface area contributed by atoms with E-state index in [1.807, 2.05) is 0 Å². The second-order valence-corrected chi connectivity index (χ2v) is 6.94. The molecule has 2 atom stereocenters. The Hall–Kier alpha value is -2.41. The number of aromatic nitrogens is 1. The van der Waals surface area contributed by atoms with Gasteiger partial charge in [0.1, 0.15) is 5.82 Å².